The van der Waals surface area contributed by atoms with Gasteiger partial charge in [0.15, 0.2) is 0 Å². The van der Waals surface area contributed by atoms with Crippen molar-refractivity contribution in [1.29, 1.82) is 0 Å². The molecular weight excluding hydrogens is 241 g/mol. The van der Waals surface area contributed by atoms with E-state index >= 15 is 0 Å². The number of carboxylic acids is 1. The van der Waals surface area contributed by atoms with Gasteiger partial charge in [-0.15, -0.1) is 0 Å². The highest BCUT2D eigenvalue weighted by atomic mass is 19.1. The highest BCUT2D eigenvalue weighted by Gasteiger charge is 2.11. The Labute approximate surface area is 103 Å². The largest absolute Gasteiger partial charge is 0.478 e. The van der Waals surface area contributed by atoms with E-state index in [2.05, 4.69) is 4.98 Å². The third-order valence-corrected chi connectivity index (χ3v) is 1.99. The molecule has 18 heavy (non-hydrogen) atoms. The van der Waals surface area contributed by atoms with Crippen LogP contribution in [-0.4, -0.2) is 28.6 Å². The molecule has 6 heteroatoms. The van der Waals surface area contributed by atoms with Crippen LogP contribution in [-0.2, 0) is 9.53 Å². The molecule has 0 atom stereocenters. The topological polar surface area (TPSA) is 76.5 Å². The highest BCUT2D eigenvalue weighted by molar-refractivity contribution is 5.88. The van der Waals surface area contributed by atoms with Crippen LogP contribution in [0.2, 0.25) is 0 Å². The van der Waals surface area contributed by atoms with Gasteiger partial charge in [-0.2, -0.15) is 4.39 Å². The predicted octanol–water partition coefficient (Wildman–Crippen LogP) is 1.89. The summed E-state index contributed by atoms with van der Waals surface area (Å²) in [6.45, 7) is 2.00. The molecule has 0 saturated heterocycles. The standard InChI is InChI=1S/C12H12FNO4/c1-2-18-10(15)5-3-4-8-6-9(12(16)17)11(13)14-7-8/h3-4,6-7H,2,5H2,1H3,(H,16,17). The quantitative estimate of drug-likeness (QED) is 0.640. The zero-order chi connectivity index (χ0) is 13.5. The summed E-state index contributed by atoms with van der Waals surface area (Å²) in [4.78, 5) is 25.0. The molecule has 1 aromatic rings. The second kappa shape index (κ2) is 6.48. The first-order valence-corrected chi connectivity index (χ1v) is 5.25. The predicted molar refractivity (Wildman–Crippen MR) is 61.4 cm³/mol. The number of carbonyl (C=O) groups excluding carboxylic acids is 1. The van der Waals surface area contributed by atoms with Gasteiger partial charge in [-0.25, -0.2) is 9.78 Å². The summed E-state index contributed by atoms with van der Waals surface area (Å²) in [5.74, 6) is -2.81. The zero-order valence-corrected chi connectivity index (χ0v) is 9.72. The van der Waals surface area contributed by atoms with E-state index < -0.39 is 17.5 Å². The lowest BCUT2D eigenvalue weighted by atomic mass is 10.2. The molecule has 96 valence electrons. The number of aromatic nitrogens is 1. The molecule has 1 aromatic heterocycles. The Bertz CT molecular complexity index is 485. The lowest BCUT2D eigenvalue weighted by Crippen LogP contribution is -2.03. The van der Waals surface area contributed by atoms with E-state index in [0.29, 0.717) is 12.2 Å². The molecule has 0 spiro atoms. The van der Waals surface area contributed by atoms with E-state index in [9.17, 15) is 14.0 Å². The Kier molecular flexibility index (Phi) is 4.98. The molecule has 0 fully saturated rings. The smallest absolute Gasteiger partial charge is 0.340 e. The summed E-state index contributed by atoms with van der Waals surface area (Å²) in [5, 5.41) is 8.70. The van der Waals surface area contributed by atoms with Gasteiger partial charge in [-0.3, -0.25) is 4.79 Å². The van der Waals surface area contributed by atoms with Crippen molar-refractivity contribution in [3.05, 3.63) is 35.4 Å². The Morgan fingerprint density at radius 3 is 2.89 bits per heavy atom. The third-order valence-electron chi connectivity index (χ3n) is 1.99. The number of hydrogen-bond donors (Lipinski definition) is 1. The average molecular weight is 253 g/mol. The summed E-state index contributed by atoms with van der Waals surface area (Å²) in [6.07, 6.45) is 4.23. The van der Waals surface area contributed by atoms with Crippen molar-refractivity contribution in [2.75, 3.05) is 6.61 Å². The van der Waals surface area contributed by atoms with E-state index in [1.807, 2.05) is 0 Å². The minimum atomic E-state index is -1.39. The molecular formula is C12H12FNO4. The maximum absolute atomic E-state index is 13.0. The summed E-state index contributed by atoms with van der Waals surface area (Å²) in [5.41, 5.74) is -0.105. The Hall–Kier alpha value is -2.24. The van der Waals surface area contributed by atoms with Gasteiger partial charge in [-0.1, -0.05) is 12.2 Å². The summed E-state index contributed by atoms with van der Waals surface area (Å²) in [6, 6.07) is 1.15. The number of carboxylic acid groups (broad SMARTS) is 1. The number of nitrogens with zero attached hydrogens (tertiary/aromatic N) is 1. The molecule has 1 heterocycles. The van der Waals surface area contributed by atoms with Gasteiger partial charge >= 0.3 is 11.9 Å². The van der Waals surface area contributed by atoms with Crippen molar-refractivity contribution in [2.24, 2.45) is 0 Å². The number of ether oxygens (including phenoxy) is 1. The van der Waals surface area contributed by atoms with Crippen LogP contribution in [0, 0.1) is 5.95 Å². The molecule has 0 aromatic carbocycles. The number of halogens is 1. The number of aromatic carboxylic acids is 1. The van der Waals surface area contributed by atoms with Gasteiger partial charge in [0.1, 0.15) is 5.56 Å². The number of rotatable bonds is 5. The van der Waals surface area contributed by atoms with Crippen LogP contribution in [0.3, 0.4) is 0 Å². The Morgan fingerprint density at radius 2 is 2.28 bits per heavy atom. The first-order valence-electron chi connectivity index (χ1n) is 5.25. The molecule has 1 N–H and O–H groups in total. The second-order valence-corrected chi connectivity index (χ2v) is 3.32. The number of pyridine rings is 1. The fraction of sp³-hybridized carbons (Fsp3) is 0.250. The molecule has 0 saturated carbocycles. The molecule has 0 aliphatic carbocycles. The first-order chi connectivity index (χ1) is 8.54. The van der Waals surface area contributed by atoms with Crippen LogP contribution in [0.4, 0.5) is 4.39 Å². The SMILES string of the molecule is CCOC(=O)CC=Cc1cnc(F)c(C(=O)O)c1. The molecule has 0 unspecified atom stereocenters. The molecule has 5 nitrogen and oxygen atoms in total. The average Bonchev–Trinajstić information content (AvgIpc) is 2.31. The Morgan fingerprint density at radius 1 is 1.56 bits per heavy atom. The minimum Gasteiger partial charge on any atom is -0.478 e. The summed E-state index contributed by atoms with van der Waals surface area (Å²) in [7, 11) is 0. The molecule has 1 rings (SSSR count). The summed E-state index contributed by atoms with van der Waals surface area (Å²) >= 11 is 0. The third kappa shape index (κ3) is 3.97. The fourth-order valence-corrected chi connectivity index (χ4v) is 1.22. The van der Waals surface area contributed by atoms with Gasteiger partial charge in [0.2, 0.25) is 5.95 Å². The fourth-order valence-electron chi connectivity index (χ4n) is 1.22. The maximum atomic E-state index is 13.0. The van der Waals surface area contributed by atoms with Gasteiger partial charge < -0.3 is 9.84 Å². The molecule has 0 aliphatic rings. The number of hydrogen-bond acceptors (Lipinski definition) is 4. The van der Waals surface area contributed by atoms with Crippen molar-refractivity contribution in [3.8, 4) is 0 Å². The monoisotopic (exact) mass is 253 g/mol. The van der Waals surface area contributed by atoms with Crippen molar-refractivity contribution in [3.63, 3.8) is 0 Å². The summed E-state index contributed by atoms with van der Waals surface area (Å²) < 4.78 is 17.7. The molecule has 0 aliphatic heterocycles. The highest BCUT2D eigenvalue weighted by Crippen LogP contribution is 2.09. The molecule has 0 bridgehead atoms. The zero-order valence-electron chi connectivity index (χ0n) is 9.72. The number of esters is 1. The molecule has 0 radical (unpaired) electrons. The number of carbonyl (C=O) groups is 2. The van der Waals surface area contributed by atoms with Crippen LogP contribution in [0.1, 0.15) is 29.3 Å². The van der Waals surface area contributed by atoms with E-state index in [1.165, 1.54) is 18.3 Å². The van der Waals surface area contributed by atoms with Crippen molar-refractivity contribution < 1.29 is 23.8 Å². The van der Waals surface area contributed by atoms with E-state index in [-0.39, 0.29) is 12.4 Å². The van der Waals surface area contributed by atoms with Crippen molar-refractivity contribution >= 4 is 18.0 Å². The van der Waals surface area contributed by atoms with Crippen LogP contribution < -0.4 is 0 Å². The van der Waals surface area contributed by atoms with Crippen LogP contribution >= 0.6 is 0 Å². The van der Waals surface area contributed by atoms with Gasteiger partial charge in [0.25, 0.3) is 0 Å². The van der Waals surface area contributed by atoms with Crippen molar-refractivity contribution in [1.82, 2.24) is 4.98 Å². The van der Waals surface area contributed by atoms with Gasteiger partial charge in [0, 0.05) is 6.20 Å². The van der Waals surface area contributed by atoms with Crippen LogP contribution in [0.5, 0.6) is 0 Å². The lowest BCUT2D eigenvalue weighted by Gasteiger charge is -1.99. The lowest BCUT2D eigenvalue weighted by molar-refractivity contribution is -0.142. The van der Waals surface area contributed by atoms with E-state index in [4.69, 9.17) is 9.84 Å². The van der Waals surface area contributed by atoms with E-state index in [1.54, 1.807) is 6.92 Å². The second-order valence-electron chi connectivity index (χ2n) is 3.32. The maximum Gasteiger partial charge on any atom is 0.340 e. The van der Waals surface area contributed by atoms with Gasteiger partial charge in [0.05, 0.1) is 13.0 Å². The first kappa shape index (κ1) is 13.8. The normalized spacial score (nSPS) is 10.6. The van der Waals surface area contributed by atoms with E-state index in [0.717, 1.165) is 6.07 Å². The minimum absolute atomic E-state index is 0.0631. The molecule has 0 amide bonds. The van der Waals surface area contributed by atoms with Crippen LogP contribution in [0.15, 0.2) is 18.3 Å². The van der Waals surface area contributed by atoms with Crippen LogP contribution in [0.25, 0.3) is 6.08 Å². The Balaban J connectivity index is 2.73. The van der Waals surface area contributed by atoms with Crippen molar-refractivity contribution in [2.45, 2.75) is 13.3 Å². The van der Waals surface area contributed by atoms with Gasteiger partial charge in [-0.05, 0) is 18.6 Å².